The quantitative estimate of drug-likeness (QED) is 0.812. The number of rotatable bonds is 4. The number of likely N-dealkylation sites (tertiary alicyclic amines) is 1. The molecular weight excluding hydrogens is 370 g/mol. The monoisotopic (exact) mass is 397 g/mol. The Labute approximate surface area is 171 Å². The molecular formula is C23H27NO5. The molecule has 1 N–H and O–H groups in total. The van der Waals surface area contributed by atoms with Crippen molar-refractivity contribution in [2.75, 3.05) is 13.1 Å². The van der Waals surface area contributed by atoms with Crippen LogP contribution in [0.5, 0.6) is 5.75 Å². The molecule has 2 aromatic rings. The first-order valence-electron chi connectivity index (χ1n) is 9.62. The number of aromatic carboxylic acids is 1. The maximum absolute atomic E-state index is 12.1. The predicted molar refractivity (Wildman–Crippen MR) is 111 cm³/mol. The lowest BCUT2D eigenvalue weighted by Crippen LogP contribution is -2.57. The van der Waals surface area contributed by atoms with Crippen molar-refractivity contribution >= 4 is 12.1 Å². The molecule has 0 spiro atoms. The lowest BCUT2D eigenvalue weighted by atomic mass is 9.96. The smallest absolute Gasteiger partial charge is 0.410 e. The van der Waals surface area contributed by atoms with Gasteiger partial charge in [-0.3, -0.25) is 0 Å². The van der Waals surface area contributed by atoms with E-state index in [0.29, 0.717) is 18.8 Å². The van der Waals surface area contributed by atoms with Gasteiger partial charge >= 0.3 is 12.1 Å². The molecule has 154 valence electrons. The highest BCUT2D eigenvalue weighted by Crippen LogP contribution is 2.31. The molecule has 0 radical (unpaired) electrons. The van der Waals surface area contributed by atoms with E-state index >= 15 is 0 Å². The van der Waals surface area contributed by atoms with E-state index in [1.54, 1.807) is 11.0 Å². The first kappa shape index (κ1) is 20.7. The number of nitrogens with zero attached hydrogens (tertiary/aromatic N) is 1. The standard InChI is InChI=1S/C23H27NO5/c1-14-6-7-15(2)20(8-14)16-9-17(21(25)26)11-18(10-16)28-19-12-24(13-19)22(27)29-23(3,4)5/h6-11,19H,12-13H2,1-5H3,(H,25,26). The lowest BCUT2D eigenvalue weighted by Gasteiger charge is -2.39. The zero-order valence-electron chi connectivity index (χ0n) is 17.5. The van der Waals surface area contributed by atoms with Gasteiger partial charge in [-0.15, -0.1) is 0 Å². The summed E-state index contributed by atoms with van der Waals surface area (Å²) in [4.78, 5) is 25.2. The summed E-state index contributed by atoms with van der Waals surface area (Å²) in [7, 11) is 0. The van der Waals surface area contributed by atoms with E-state index in [1.165, 1.54) is 6.07 Å². The lowest BCUT2D eigenvalue weighted by molar-refractivity contribution is -0.0221. The number of carbonyl (C=O) groups excluding carboxylic acids is 1. The highest BCUT2D eigenvalue weighted by molar-refractivity contribution is 5.90. The molecule has 6 heteroatoms. The summed E-state index contributed by atoms with van der Waals surface area (Å²) >= 11 is 0. The van der Waals surface area contributed by atoms with Crippen molar-refractivity contribution in [2.45, 2.75) is 46.3 Å². The van der Waals surface area contributed by atoms with Crippen LogP contribution in [-0.4, -0.2) is 46.9 Å². The highest BCUT2D eigenvalue weighted by atomic mass is 16.6. The van der Waals surface area contributed by atoms with Gasteiger partial charge in [0.25, 0.3) is 0 Å². The van der Waals surface area contributed by atoms with Crippen LogP contribution in [0.1, 0.15) is 42.3 Å². The number of aryl methyl sites for hydroxylation is 2. The molecule has 6 nitrogen and oxygen atoms in total. The van der Waals surface area contributed by atoms with Crippen LogP contribution in [-0.2, 0) is 4.74 Å². The minimum absolute atomic E-state index is 0.168. The zero-order valence-corrected chi connectivity index (χ0v) is 17.5. The van der Waals surface area contributed by atoms with Gasteiger partial charge in [0.05, 0.1) is 18.7 Å². The number of carboxylic acids is 1. The Balaban J connectivity index is 1.77. The normalized spacial score (nSPS) is 14.3. The van der Waals surface area contributed by atoms with E-state index < -0.39 is 11.6 Å². The van der Waals surface area contributed by atoms with Gasteiger partial charge in [-0.05, 0) is 69.5 Å². The molecule has 0 saturated carbocycles. The fourth-order valence-electron chi connectivity index (χ4n) is 3.17. The number of hydrogen-bond donors (Lipinski definition) is 1. The van der Waals surface area contributed by atoms with Gasteiger partial charge in [0.1, 0.15) is 17.5 Å². The number of amides is 1. The molecule has 1 fully saturated rings. The van der Waals surface area contributed by atoms with E-state index in [2.05, 4.69) is 0 Å². The van der Waals surface area contributed by atoms with Crippen LogP contribution in [0, 0.1) is 13.8 Å². The number of carbonyl (C=O) groups is 2. The van der Waals surface area contributed by atoms with Crippen molar-refractivity contribution in [2.24, 2.45) is 0 Å². The first-order chi connectivity index (χ1) is 13.5. The molecule has 1 heterocycles. The molecule has 29 heavy (non-hydrogen) atoms. The highest BCUT2D eigenvalue weighted by Gasteiger charge is 2.35. The molecule has 0 unspecified atom stereocenters. The molecule has 0 bridgehead atoms. The molecule has 0 aliphatic carbocycles. The molecule has 1 aliphatic rings. The van der Waals surface area contributed by atoms with Gasteiger partial charge in [0.15, 0.2) is 0 Å². The average molecular weight is 397 g/mol. The summed E-state index contributed by atoms with van der Waals surface area (Å²) in [6.45, 7) is 10.3. The third kappa shape index (κ3) is 5.08. The van der Waals surface area contributed by atoms with Crippen LogP contribution in [0.3, 0.4) is 0 Å². The minimum Gasteiger partial charge on any atom is -0.487 e. The van der Waals surface area contributed by atoms with Gasteiger partial charge in [0, 0.05) is 0 Å². The number of carboxylic acid groups (broad SMARTS) is 1. The number of ether oxygens (including phenoxy) is 2. The van der Waals surface area contributed by atoms with Crippen molar-refractivity contribution in [1.29, 1.82) is 0 Å². The van der Waals surface area contributed by atoms with Crippen molar-refractivity contribution in [3.05, 3.63) is 53.1 Å². The Morgan fingerprint density at radius 3 is 2.38 bits per heavy atom. The molecule has 1 amide bonds. The van der Waals surface area contributed by atoms with Crippen molar-refractivity contribution in [1.82, 2.24) is 4.90 Å². The van der Waals surface area contributed by atoms with Crippen LogP contribution in [0.25, 0.3) is 11.1 Å². The predicted octanol–water partition coefficient (Wildman–Crippen LogP) is 4.67. The van der Waals surface area contributed by atoms with Gasteiger partial charge in [-0.1, -0.05) is 23.8 Å². The van der Waals surface area contributed by atoms with E-state index in [0.717, 1.165) is 22.3 Å². The second kappa shape index (κ2) is 7.78. The van der Waals surface area contributed by atoms with Crippen molar-refractivity contribution < 1.29 is 24.2 Å². The summed E-state index contributed by atoms with van der Waals surface area (Å²) in [5, 5.41) is 9.51. The molecule has 1 saturated heterocycles. The largest absolute Gasteiger partial charge is 0.487 e. The van der Waals surface area contributed by atoms with Gasteiger partial charge in [-0.2, -0.15) is 0 Å². The Hall–Kier alpha value is -3.02. The average Bonchev–Trinajstić information content (AvgIpc) is 2.57. The Bertz CT molecular complexity index is 939. The van der Waals surface area contributed by atoms with Crippen LogP contribution in [0.4, 0.5) is 4.79 Å². The summed E-state index contributed by atoms with van der Waals surface area (Å²) in [5.41, 5.74) is 3.55. The fraction of sp³-hybridized carbons (Fsp3) is 0.391. The summed E-state index contributed by atoms with van der Waals surface area (Å²) in [6, 6.07) is 11.1. The summed E-state index contributed by atoms with van der Waals surface area (Å²) in [5.74, 6) is -0.527. The maximum Gasteiger partial charge on any atom is 0.410 e. The third-order valence-corrected chi connectivity index (χ3v) is 4.66. The second-order valence-corrected chi connectivity index (χ2v) is 8.49. The molecule has 0 aromatic heterocycles. The first-order valence-corrected chi connectivity index (χ1v) is 9.62. The van der Waals surface area contributed by atoms with Gasteiger partial charge < -0.3 is 19.5 Å². The summed E-state index contributed by atoms with van der Waals surface area (Å²) < 4.78 is 11.3. The van der Waals surface area contributed by atoms with Crippen LogP contribution < -0.4 is 4.74 Å². The van der Waals surface area contributed by atoms with Crippen LogP contribution in [0.2, 0.25) is 0 Å². The number of hydrogen-bond acceptors (Lipinski definition) is 4. The van der Waals surface area contributed by atoms with E-state index in [1.807, 2.05) is 58.9 Å². The molecule has 1 aliphatic heterocycles. The zero-order chi connectivity index (χ0) is 21.3. The van der Waals surface area contributed by atoms with E-state index in [-0.39, 0.29) is 17.8 Å². The fourth-order valence-corrected chi connectivity index (χ4v) is 3.17. The van der Waals surface area contributed by atoms with Crippen LogP contribution >= 0.6 is 0 Å². The van der Waals surface area contributed by atoms with E-state index in [4.69, 9.17) is 9.47 Å². The topological polar surface area (TPSA) is 76.1 Å². The maximum atomic E-state index is 12.1. The van der Waals surface area contributed by atoms with Crippen molar-refractivity contribution in [3.63, 3.8) is 0 Å². The van der Waals surface area contributed by atoms with Crippen molar-refractivity contribution in [3.8, 4) is 16.9 Å². The Kier molecular flexibility index (Phi) is 5.55. The third-order valence-electron chi connectivity index (χ3n) is 4.66. The molecule has 3 rings (SSSR count). The molecule has 2 aromatic carbocycles. The molecule has 0 atom stereocenters. The SMILES string of the molecule is Cc1ccc(C)c(-c2cc(OC3CN(C(=O)OC(C)(C)C)C3)cc(C(=O)O)c2)c1. The Morgan fingerprint density at radius 1 is 1.07 bits per heavy atom. The minimum atomic E-state index is -1.01. The van der Waals surface area contributed by atoms with E-state index in [9.17, 15) is 14.7 Å². The summed E-state index contributed by atoms with van der Waals surface area (Å²) in [6.07, 6.45) is -0.564. The number of benzene rings is 2. The van der Waals surface area contributed by atoms with Gasteiger partial charge in [0.2, 0.25) is 0 Å². The van der Waals surface area contributed by atoms with Crippen LogP contribution in [0.15, 0.2) is 36.4 Å². The second-order valence-electron chi connectivity index (χ2n) is 8.49. The Morgan fingerprint density at radius 2 is 1.76 bits per heavy atom. The van der Waals surface area contributed by atoms with Gasteiger partial charge in [-0.25, -0.2) is 9.59 Å².